The molecule has 0 bridgehead atoms. The molecule has 9 heteroatoms. The number of hydrogen-bond acceptors (Lipinski definition) is 0. The van der Waals surface area contributed by atoms with Gasteiger partial charge in [0.1, 0.15) is 0 Å². The molecule has 288 valence electrons. The SMILES string of the molecule is Cc1ccc(-c2cc(-c3ccc(C)c(-c4ccccc4C(F)(F)F)c3)cc(-c3ccc(C)c(-c4ccccc4C(F)(F)F)c3)c2)cc1-c1ccccc1C(F)(F)F. The van der Waals surface area contributed by atoms with E-state index < -0.39 is 35.2 Å². The number of aryl methyl sites for hydroxylation is 3. The van der Waals surface area contributed by atoms with Crippen LogP contribution in [-0.2, 0) is 18.5 Å². The van der Waals surface area contributed by atoms with E-state index in [2.05, 4.69) is 0 Å². The van der Waals surface area contributed by atoms with Gasteiger partial charge >= 0.3 is 18.5 Å². The Morgan fingerprint density at radius 1 is 0.263 bits per heavy atom. The first-order chi connectivity index (χ1) is 26.9. The highest BCUT2D eigenvalue weighted by atomic mass is 19.4. The Bertz CT molecular complexity index is 2320. The second kappa shape index (κ2) is 14.8. The maximum absolute atomic E-state index is 14.2. The maximum Gasteiger partial charge on any atom is 0.417 e. The molecule has 0 heterocycles. The Balaban J connectivity index is 1.46. The Kier molecular flexibility index (Phi) is 10.1. The zero-order valence-corrected chi connectivity index (χ0v) is 30.8. The van der Waals surface area contributed by atoms with E-state index in [4.69, 9.17) is 0 Å². The van der Waals surface area contributed by atoms with Gasteiger partial charge < -0.3 is 0 Å². The molecule has 7 aromatic carbocycles. The summed E-state index contributed by atoms with van der Waals surface area (Å²) in [5.41, 5.74) is 3.88. The summed E-state index contributed by atoms with van der Waals surface area (Å²) >= 11 is 0. The molecule has 7 rings (SSSR count). The van der Waals surface area contributed by atoms with Gasteiger partial charge in [-0.2, -0.15) is 39.5 Å². The molecule has 0 saturated carbocycles. The Morgan fingerprint density at radius 3 is 0.754 bits per heavy atom. The van der Waals surface area contributed by atoms with Crippen LogP contribution in [0.1, 0.15) is 33.4 Å². The van der Waals surface area contributed by atoms with Gasteiger partial charge in [-0.05, 0) is 159 Å². The summed E-state index contributed by atoms with van der Waals surface area (Å²) < 4.78 is 128. The lowest BCUT2D eigenvalue weighted by Gasteiger charge is -2.18. The van der Waals surface area contributed by atoms with Crippen molar-refractivity contribution in [3.63, 3.8) is 0 Å². The molecule has 0 amide bonds. The molecule has 7 aromatic rings. The summed E-state index contributed by atoms with van der Waals surface area (Å²) in [4.78, 5) is 0. The van der Waals surface area contributed by atoms with Crippen LogP contribution in [0, 0.1) is 20.8 Å². The monoisotopic (exact) mass is 780 g/mol. The fourth-order valence-electron chi connectivity index (χ4n) is 7.30. The van der Waals surface area contributed by atoms with Gasteiger partial charge in [-0.3, -0.25) is 0 Å². The van der Waals surface area contributed by atoms with Gasteiger partial charge in [0.2, 0.25) is 0 Å². The first-order valence-electron chi connectivity index (χ1n) is 17.9. The first kappa shape index (κ1) is 39.2. The quantitative estimate of drug-likeness (QED) is 0.147. The van der Waals surface area contributed by atoms with Gasteiger partial charge in [0, 0.05) is 0 Å². The van der Waals surface area contributed by atoms with Crippen LogP contribution in [-0.4, -0.2) is 0 Å². The van der Waals surface area contributed by atoms with Gasteiger partial charge in [0.05, 0.1) is 16.7 Å². The van der Waals surface area contributed by atoms with E-state index in [1.807, 2.05) is 18.2 Å². The van der Waals surface area contributed by atoms with E-state index in [1.54, 1.807) is 75.4 Å². The second-order valence-corrected chi connectivity index (χ2v) is 14.0. The molecule has 0 aliphatic rings. The zero-order valence-electron chi connectivity index (χ0n) is 30.8. The number of hydrogen-bond donors (Lipinski definition) is 0. The van der Waals surface area contributed by atoms with E-state index in [-0.39, 0.29) is 16.7 Å². The molecule has 0 aliphatic heterocycles. The number of halogens is 9. The highest BCUT2D eigenvalue weighted by Crippen LogP contribution is 2.44. The predicted octanol–water partition coefficient (Wildman–Crippen LogP) is 15.7. The maximum atomic E-state index is 14.2. The smallest absolute Gasteiger partial charge is 0.166 e. The lowest BCUT2D eigenvalue weighted by atomic mass is 9.87. The number of benzene rings is 7. The number of rotatable bonds is 6. The molecule has 0 saturated heterocycles. The lowest BCUT2D eigenvalue weighted by molar-refractivity contribution is -0.137. The van der Waals surface area contributed by atoms with Gasteiger partial charge in [0.25, 0.3) is 0 Å². The summed E-state index contributed by atoms with van der Waals surface area (Å²) in [6.45, 7) is 5.15. The highest BCUT2D eigenvalue weighted by molar-refractivity contribution is 5.87. The largest absolute Gasteiger partial charge is 0.417 e. The third kappa shape index (κ3) is 7.97. The van der Waals surface area contributed by atoms with Crippen LogP contribution < -0.4 is 0 Å². The van der Waals surface area contributed by atoms with Crippen LogP contribution in [0.4, 0.5) is 39.5 Å². The summed E-state index contributed by atoms with van der Waals surface area (Å²) in [5, 5.41) is 0. The van der Waals surface area contributed by atoms with E-state index in [0.29, 0.717) is 66.8 Å². The predicted molar refractivity (Wildman–Crippen MR) is 208 cm³/mol. The van der Waals surface area contributed by atoms with Gasteiger partial charge in [-0.25, -0.2) is 0 Å². The molecule has 0 N–H and O–H groups in total. The average molecular weight is 781 g/mol. The van der Waals surface area contributed by atoms with E-state index >= 15 is 0 Å². The Labute approximate surface area is 323 Å². The van der Waals surface area contributed by atoms with Gasteiger partial charge in [-0.1, -0.05) is 91.0 Å². The van der Waals surface area contributed by atoms with Crippen molar-refractivity contribution in [2.75, 3.05) is 0 Å². The normalized spacial score (nSPS) is 12.2. The van der Waals surface area contributed by atoms with Crippen LogP contribution in [0.25, 0.3) is 66.8 Å². The van der Waals surface area contributed by atoms with Crippen molar-refractivity contribution in [2.24, 2.45) is 0 Å². The van der Waals surface area contributed by atoms with Gasteiger partial charge in [-0.15, -0.1) is 0 Å². The van der Waals surface area contributed by atoms with E-state index in [9.17, 15) is 39.5 Å². The van der Waals surface area contributed by atoms with Crippen molar-refractivity contribution in [1.82, 2.24) is 0 Å². The minimum absolute atomic E-state index is 0.00117. The average Bonchev–Trinajstić information content (AvgIpc) is 3.17. The minimum atomic E-state index is -4.62. The molecule has 0 radical (unpaired) electrons. The molecule has 0 unspecified atom stereocenters. The Hall–Kier alpha value is -6.09. The molecular formula is C48H33F9. The molecular weight excluding hydrogens is 748 g/mol. The summed E-state index contributed by atoms with van der Waals surface area (Å²) in [7, 11) is 0. The standard InChI is InChI=1S/C48H33F9/c1-28-16-19-31(25-40(28)37-10-4-7-13-43(37)46(49,50)51)34-22-35(32-20-17-29(2)41(26-32)38-11-5-8-14-44(38)47(52,53)54)24-36(23-34)33-21-18-30(3)42(27-33)39-12-6-9-15-45(39)48(55,56)57/h4-27H,1-3H3. The minimum Gasteiger partial charge on any atom is -0.166 e. The van der Waals surface area contributed by atoms with Crippen molar-refractivity contribution < 1.29 is 39.5 Å². The first-order valence-corrected chi connectivity index (χ1v) is 17.9. The van der Waals surface area contributed by atoms with Crippen LogP contribution in [0.2, 0.25) is 0 Å². The molecule has 0 fully saturated rings. The fraction of sp³-hybridized carbons (Fsp3) is 0.125. The molecule has 0 aliphatic carbocycles. The third-order valence-corrected chi connectivity index (χ3v) is 10.2. The van der Waals surface area contributed by atoms with Crippen LogP contribution in [0.5, 0.6) is 0 Å². The van der Waals surface area contributed by atoms with Gasteiger partial charge in [0.15, 0.2) is 0 Å². The lowest BCUT2D eigenvalue weighted by Crippen LogP contribution is -2.07. The molecule has 0 spiro atoms. The highest BCUT2D eigenvalue weighted by Gasteiger charge is 2.35. The number of alkyl halides is 9. The van der Waals surface area contributed by atoms with Crippen molar-refractivity contribution in [2.45, 2.75) is 39.3 Å². The molecule has 57 heavy (non-hydrogen) atoms. The van der Waals surface area contributed by atoms with E-state index in [0.717, 1.165) is 18.2 Å². The zero-order chi connectivity index (χ0) is 40.9. The Morgan fingerprint density at radius 2 is 0.509 bits per heavy atom. The molecule has 0 aromatic heterocycles. The van der Waals surface area contributed by atoms with Crippen molar-refractivity contribution in [1.29, 1.82) is 0 Å². The third-order valence-electron chi connectivity index (χ3n) is 10.2. The van der Waals surface area contributed by atoms with Crippen LogP contribution in [0.3, 0.4) is 0 Å². The fourth-order valence-corrected chi connectivity index (χ4v) is 7.30. The second-order valence-electron chi connectivity index (χ2n) is 14.0. The van der Waals surface area contributed by atoms with Crippen LogP contribution >= 0.6 is 0 Å². The van der Waals surface area contributed by atoms with Crippen LogP contribution in [0.15, 0.2) is 146 Å². The van der Waals surface area contributed by atoms with E-state index in [1.165, 1.54) is 54.6 Å². The molecule has 0 atom stereocenters. The molecule has 0 nitrogen and oxygen atoms in total. The topological polar surface area (TPSA) is 0 Å². The summed E-state index contributed by atoms with van der Waals surface area (Å²) in [6.07, 6.45) is -13.9. The van der Waals surface area contributed by atoms with Crippen molar-refractivity contribution >= 4 is 0 Å². The summed E-state index contributed by atoms with van der Waals surface area (Å²) in [6, 6.07) is 36.8. The van der Waals surface area contributed by atoms with Crippen molar-refractivity contribution in [3.8, 4) is 66.8 Å². The van der Waals surface area contributed by atoms with Crippen molar-refractivity contribution in [3.05, 3.63) is 179 Å². The summed E-state index contributed by atoms with van der Waals surface area (Å²) in [5.74, 6) is 0.